The average molecular weight is 298 g/mol. The molecule has 0 atom stereocenters. The summed E-state index contributed by atoms with van der Waals surface area (Å²) >= 11 is 0. The van der Waals surface area contributed by atoms with Crippen LogP contribution < -0.4 is 5.32 Å². The lowest BCUT2D eigenvalue weighted by molar-refractivity contribution is -0.132. The van der Waals surface area contributed by atoms with Gasteiger partial charge in [-0.15, -0.1) is 0 Å². The molecule has 1 rings (SSSR count). The summed E-state index contributed by atoms with van der Waals surface area (Å²) in [6.07, 6.45) is 0.751. The Morgan fingerprint density at radius 2 is 1.81 bits per heavy atom. The molecule has 0 aliphatic carbocycles. The fourth-order valence-corrected chi connectivity index (χ4v) is 1.73. The molecule has 0 fully saturated rings. The fraction of sp³-hybridized carbons (Fsp3) is 0.467. The molecule has 0 aromatic heterocycles. The van der Waals surface area contributed by atoms with Crippen molar-refractivity contribution >= 4 is 17.5 Å². The second-order valence-corrected chi connectivity index (χ2v) is 5.27. The van der Waals surface area contributed by atoms with E-state index in [0.717, 1.165) is 18.6 Å². The molecule has 1 aromatic rings. The third-order valence-electron chi connectivity index (χ3n) is 2.98. The van der Waals surface area contributed by atoms with Crippen molar-refractivity contribution in [1.29, 1.82) is 0 Å². The predicted molar refractivity (Wildman–Crippen MR) is 76.7 cm³/mol. The fourth-order valence-electron chi connectivity index (χ4n) is 1.73. The number of para-hydroxylation sites is 1. The van der Waals surface area contributed by atoms with Crippen molar-refractivity contribution in [2.75, 3.05) is 18.4 Å². The molecule has 2 amide bonds. The Hall–Kier alpha value is -1.98. The topological polar surface area (TPSA) is 49.4 Å². The Morgan fingerprint density at radius 3 is 2.29 bits per heavy atom. The highest BCUT2D eigenvalue weighted by Crippen LogP contribution is 2.17. The smallest absolute Gasteiger partial charge is 0.244 e. The van der Waals surface area contributed by atoms with Gasteiger partial charge in [0.2, 0.25) is 11.8 Å². The largest absolute Gasteiger partial charge is 0.334 e. The van der Waals surface area contributed by atoms with Crippen LogP contribution in [0.1, 0.15) is 27.2 Å². The number of anilines is 1. The molecule has 0 aliphatic heterocycles. The molecule has 1 aromatic carbocycles. The van der Waals surface area contributed by atoms with Crippen molar-refractivity contribution in [1.82, 2.24) is 4.90 Å². The van der Waals surface area contributed by atoms with Crippen LogP contribution in [0.4, 0.5) is 14.5 Å². The van der Waals surface area contributed by atoms with Crippen LogP contribution in [-0.2, 0) is 9.59 Å². The van der Waals surface area contributed by atoms with Crippen LogP contribution in [0.2, 0.25) is 0 Å². The Balaban J connectivity index is 2.68. The van der Waals surface area contributed by atoms with Gasteiger partial charge in [0, 0.05) is 13.5 Å². The van der Waals surface area contributed by atoms with Gasteiger partial charge in [-0.2, -0.15) is 0 Å². The van der Waals surface area contributed by atoms with E-state index in [1.165, 1.54) is 17.9 Å². The van der Waals surface area contributed by atoms with Gasteiger partial charge in [0.05, 0.1) is 6.54 Å². The maximum absolute atomic E-state index is 13.4. The number of carbonyl (C=O) groups excluding carboxylic acids is 2. The minimum Gasteiger partial charge on any atom is -0.334 e. The Kier molecular flexibility index (Phi) is 6.27. The molecule has 6 heteroatoms. The zero-order valence-electron chi connectivity index (χ0n) is 12.5. The van der Waals surface area contributed by atoms with Gasteiger partial charge in [-0.1, -0.05) is 19.9 Å². The van der Waals surface area contributed by atoms with Crippen LogP contribution in [0.3, 0.4) is 0 Å². The number of halogens is 2. The Bertz CT molecular complexity index is 498. The lowest BCUT2D eigenvalue weighted by Crippen LogP contribution is -2.37. The van der Waals surface area contributed by atoms with E-state index in [4.69, 9.17) is 0 Å². The summed E-state index contributed by atoms with van der Waals surface area (Å²) in [5.74, 6) is -2.18. The summed E-state index contributed by atoms with van der Waals surface area (Å²) < 4.78 is 26.9. The number of nitrogens with zero attached hydrogens (tertiary/aromatic N) is 1. The van der Waals surface area contributed by atoms with E-state index in [2.05, 4.69) is 5.32 Å². The summed E-state index contributed by atoms with van der Waals surface area (Å²) in [4.78, 5) is 24.7. The molecule has 21 heavy (non-hydrogen) atoms. The minimum absolute atomic E-state index is 0.226. The summed E-state index contributed by atoms with van der Waals surface area (Å²) in [7, 11) is 0. The molecule has 0 saturated carbocycles. The number of hydrogen-bond acceptors (Lipinski definition) is 2. The van der Waals surface area contributed by atoms with Gasteiger partial charge in [0.25, 0.3) is 0 Å². The first-order chi connectivity index (χ1) is 9.81. The molecule has 0 saturated heterocycles. The van der Waals surface area contributed by atoms with E-state index in [-0.39, 0.29) is 12.5 Å². The highest BCUT2D eigenvalue weighted by molar-refractivity contribution is 5.94. The van der Waals surface area contributed by atoms with Gasteiger partial charge in [0.15, 0.2) is 0 Å². The summed E-state index contributed by atoms with van der Waals surface area (Å²) in [6, 6.07) is 3.32. The van der Waals surface area contributed by atoms with Crippen LogP contribution in [-0.4, -0.2) is 29.8 Å². The zero-order valence-corrected chi connectivity index (χ0v) is 12.5. The van der Waals surface area contributed by atoms with Crippen LogP contribution in [0, 0.1) is 17.6 Å². The summed E-state index contributed by atoms with van der Waals surface area (Å²) in [5, 5.41) is 2.17. The number of rotatable bonds is 6. The van der Waals surface area contributed by atoms with Gasteiger partial charge in [-0.25, -0.2) is 8.78 Å². The van der Waals surface area contributed by atoms with Crippen LogP contribution in [0.15, 0.2) is 18.2 Å². The van der Waals surface area contributed by atoms with E-state index < -0.39 is 23.2 Å². The predicted octanol–water partition coefficient (Wildman–Crippen LogP) is 2.80. The Labute approximate surface area is 123 Å². The van der Waals surface area contributed by atoms with Crippen molar-refractivity contribution in [2.24, 2.45) is 5.92 Å². The zero-order chi connectivity index (χ0) is 16.0. The number of carbonyl (C=O) groups is 2. The highest BCUT2D eigenvalue weighted by Gasteiger charge is 2.17. The Morgan fingerprint density at radius 1 is 1.24 bits per heavy atom. The molecule has 1 N–H and O–H groups in total. The molecule has 116 valence electrons. The van der Waals surface area contributed by atoms with Crippen molar-refractivity contribution in [3.8, 4) is 0 Å². The minimum atomic E-state index is -0.847. The molecule has 0 heterocycles. The molecule has 0 unspecified atom stereocenters. The van der Waals surface area contributed by atoms with Crippen LogP contribution in [0.5, 0.6) is 0 Å². The van der Waals surface area contributed by atoms with E-state index in [9.17, 15) is 18.4 Å². The van der Waals surface area contributed by atoms with E-state index in [0.29, 0.717) is 12.5 Å². The number of amides is 2. The van der Waals surface area contributed by atoms with Crippen molar-refractivity contribution in [2.45, 2.75) is 27.2 Å². The molecular formula is C15H20F2N2O2. The van der Waals surface area contributed by atoms with Gasteiger partial charge in [-0.05, 0) is 24.5 Å². The molecule has 0 spiro atoms. The van der Waals surface area contributed by atoms with Gasteiger partial charge in [0.1, 0.15) is 17.3 Å². The molecular weight excluding hydrogens is 278 g/mol. The van der Waals surface area contributed by atoms with Crippen LogP contribution >= 0.6 is 0 Å². The third kappa shape index (κ3) is 5.49. The quantitative estimate of drug-likeness (QED) is 0.878. The number of benzene rings is 1. The average Bonchev–Trinajstić information content (AvgIpc) is 2.38. The highest BCUT2D eigenvalue weighted by atomic mass is 19.1. The first-order valence-electron chi connectivity index (χ1n) is 6.80. The molecule has 0 aliphatic rings. The van der Waals surface area contributed by atoms with Gasteiger partial charge >= 0.3 is 0 Å². The first-order valence-corrected chi connectivity index (χ1v) is 6.80. The number of hydrogen-bond donors (Lipinski definition) is 1. The molecule has 0 bridgehead atoms. The van der Waals surface area contributed by atoms with E-state index in [1.54, 1.807) is 0 Å². The lowest BCUT2D eigenvalue weighted by atomic mass is 10.1. The maximum Gasteiger partial charge on any atom is 0.244 e. The monoisotopic (exact) mass is 298 g/mol. The SMILES string of the molecule is CC(=O)N(CCC(C)C)CC(=O)Nc1c(F)cccc1F. The maximum atomic E-state index is 13.4. The van der Waals surface area contributed by atoms with Crippen molar-refractivity contribution in [3.05, 3.63) is 29.8 Å². The standard InChI is InChI=1S/C15H20F2N2O2/c1-10(2)7-8-19(11(3)20)9-14(21)18-15-12(16)5-4-6-13(15)17/h4-6,10H,7-9H2,1-3H3,(H,18,21). The molecule has 0 radical (unpaired) electrons. The lowest BCUT2D eigenvalue weighted by Gasteiger charge is -2.21. The number of nitrogens with one attached hydrogen (secondary N) is 1. The first kappa shape index (κ1) is 17.1. The van der Waals surface area contributed by atoms with Crippen molar-refractivity contribution < 1.29 is 18.4 Å². The second-order valence-electron chi connectivity index (χ2n) is 5.27. The van der Waals surface area contributed by atoms with E-state index >= 15 is 0 Å². The van der Waals surface area contributed by atoms with Gasteiger partial charge < -0.3 is 10.2 Å². The summed E-state index contributed by atoms with van der Waals surface area (Å²) in [6.45, 7) is 5.58. The van der Waals surface area contributed by atoms with Gasteiger partial charge in [-0.3, -0.25) is 9.59 Å². The van der Waals surface area contributed by atoms with Crippen molar-refractivity contribution in [3.63, 3.8) is 0 Å². The molecule has 4 nitrogen and oxygen atoms in total. The van der Waals surface area contributed by atoms with Crippen LogP contribution in [0.25, 0.3) is 0 Å². The van der Waals surface area contributed by atoms with E-state index in [1.807, 2.05) is 13.8 Å². The summed E-state index contributed by atoms with van der Waals surface area (Å²) in [5.41, 5.74) is -0.491. The normalized spacial score (nSPS) is 10.6. The second kappa shape index (κ2) is 7.71. The third-order valence-corrected chi connectivity index (χ3v) is 2.98.